The van der Waals surface area contributed by atoms with Gasteiger partial charge in [0.25, 0.3) is 0 Å². The molecule has 7 nitrogen and oxygen atoms in total. The number of benzene rings is 3. The molecule has 1 aromatic heterocycles. The van der Waals surface area contributed by atoms with Crippen LogP contribution in [-0.4, -0.2) is 23.0 Å². The van der Waals surface area contributed by atoms with Crippen molar-refractivity contribution >= 4 is 45.6 Å². The average molecular weight is 481 g/mol. The first-order chi connectivity index (χ1) is 16.5. The summed E-state index contributed by atoms with van der Waals surface area (Å²) in [5.74, 6) is 1.05. The molecule has 34 heavy (non-hydrogen) atoms. The van der Waals surface area contributed by atoms with E-state index in [2.05, 4.69) is 20.6 Å². The largest absolute Gasteiger partial charge is 0.494 e. The van der Waals surface area contributed by atoms with Gasteiger partial charge in [-0.2, -0.15) is 0 Å². The number of anilines is 3. The van der Waals surface area contributed by atoms with Gasteiger partial charge >= 0.3 is 0 Å². The zero-order chi connectivity index (χ0) is 24.1. The summed E-state index contributed by atoms with van der Waals surface area (Å²) in [5, 5.41) is 7.15. The molecule has 4 rings (SSSR count). The molecule has 0 fully saturated rings. The van der Waals surface area contributed by atoms with Gasteiger partial charge in [-0.3, -0.25) is 4.79 Å². The second-order valence-electron chi connectivity index (χ2n) is 7.38. The van der Waals surface area contributed by atoms with E-state index in [1.54, 1.807) is 49.4 Å². The molecule has 0 atom stereocenters. The van der Waals surface area contributed by atoms with Crippen molar-refractivity contribution in [3.05, 3.63) is 77.3 Å². The lowest BCUT2D eigenvalue weighted by Crippen LogP contribution is -2.10. The highest BCUT2D eigenvalue weighted by atomic mass is 35.5. The van der Waals surface area contributed by atoms with Crippen LogP contribution in [0.15, 0.2) is 60.9 Å². The Morgan fingerprint density at radius 3 is 2.68 bits per heavy atom. The van der Waals surface area contributed by atoms with E-state index in [9.17, 15) is 9.18 Å². The Balaban J connectivity index is 1.57. The summed E-state index contributed by atoms with van der Waals surface area (Å²) in [6.45, 7) is 1.96. The van der Waals surface area contributed by atoms with Gasteiger partial charge in [0.05, 0.1) is 23.3 Å². The van der Waals surface area contributed by atoms with E-state index in [1.165, 1.54) is 25.6 Å². The molecule has 0 unspecified atom stereocenters. The number of nitrogens with zero attached hydrogens (tertiary/aromatic N) is 2. The highest BCUT2D eigenvalue weighted by molar-refractivity contribution is 6.32. The number of carbonyl (C=O) groups is 1. The van der Waals surface area contributed by atoms with Crippen LogP contribution in [-0.2, 0) is 11.4 Å². The minimum absolute atomic E-state index is 0.135. The van der Waals surface area contributed by atoms with Gasteiger partial charge in [-0.1, -0.05) is 30.7 Å². The van der Waals surface area contributed by atoms with Crippen LogP contribution in [0, 0.1) is 5.82 Å². The molecule has 0 aliphatic carbocycles. The Bertz CT molecular complexity index is 1350. The Kier molecular flexibility index (Phi) is 7.08. The van der Waals surface area contributed by atoms with Crippen LogP contribution in [0.4, 0.5) is 21.6 Å². The first kappa shape index (κ1) is 23.3. The fourth-order valence-electron chi connectivity index (χ4n) is 3.31. The fraction of sp³-hybridized carbons (Fsp3) is 0.160. The molecule has 0 aliphatic heterocycles. The van der Waals surface area contributed by atoms with Crippen molar-refractivity contribution in [2.45, 2.75) is 20.0 Å². The van der Waals surface area contributed by atoms with E-state index in [4.69, 9.17) is 21.1 Å². The third-order valence-electron chi connectivity index (χ3n) is 5.03. The lowest BCUT2D eigenvalue weighted by atomic mass is 10.1. The van der Waals surface area contributed by atoms with Gasteiger partial charge in [0.15, 0.2) is 0 Å². The zero-order valence-corrected chi connectivity index (χ0v) is 19.3. The van der Waals surface area contributed by atoms with Gasteiger partial charge in [0.2, 0.25) is 5.91 Å². The normalized spacial score (nSPS) is 10.7. The number of aromatic nitrogens is 2. The number of methoxy groups -OCH3 is 1. The van der Waals surface area contributed by atoms with Crippen LogP contribution in [0.5, 0.6) is 11.5 Å². The Labute approximate surface area is 200 Å². The van der Waals surface area contributed by atoms with E-state index in [1.807, 2.05) is 0 Å². The maximum Gasteiger partial charge on any atom is 0.224 e. The molecule has 0 radical (unpaired) electrons. The first-order valence-electron chi connectivity index (χ1n) is 10.5. The lowest BCUT2D eigenvalue weighted by molar-refractivity contribution is -0.115. The summed E-state index contributed by atoms with van der Waals surface area (Å²) in [5.41, 5.74) is 2.55. The summed E-state index contributed by atoms with van der Waals surface area (Å²) < 4.78 is 24.5. The van der Waals surface area contributed by atoms with Crippen LogP contribution >= 0.6 is 11.6 Å². The quantitative estimate of drug-likeness (QED) is 0.317. The van der Waals surface area contributed by atoms with Crippen LogP contribution in [0.25, 0.3) is 10.9 Å². The van der Waals surface area contributed by atoms with Gasteiger partial charge < -0.3 is 20.1 Å². The third-order valence-corrected chi connectivity index (χ3v) is 5.33. The monoisotopic (exact) mass is 480 g/mol. The number of carbonyl (C=O) groups excluding carboxylic acids is 1. The number of hydrogen-bond donors (Lipinski definition) is 2. The second-order valence-corrected chi connectivity index (χ2v) is 7.79. The molecule has 0 spiro atoms. The van der Waals surface area contributed by atoms with Crippen LogP contribution < -0.4 is 20.1 Å². The number of halogens is 2. The van der Waals surface area contributed by atoms with E-state index >= 15 is 0 Å². The minimum Gasteiger partial charge on any atom is -0.494 e. The molecule has 174 valence electrons. The van der Waals surface area contributed by atoms with Crippen molar-refractivity contribution in [2.75, 3.05) is 17.7 Å². The molecule has 0 bridgehead atoms. The van der Waals surface area contributed by atoms with Gasteiger partial charge in [0, 0.05) is 23.6 Å². The Morgan fingerprint density at radius 1 is 1.09 bits per heavy atom. The topological polar surface area (TPSA) is 85.4 Å². The second kappa shape index (κ2) is 10.4. The number of hydrogen-bond acceptors (Lipinski definition) is 6. The standard InChI is InChI=1S/C25H22ClFN4O3/c1-3-24(32)31-21-11-18-20(12-23(21)33-2)28-14-29-25(18)30-17-7-8-22(19(26)10-17)34-13-15-5-4-6-16(27)9-15/h4-12,14H,3,13H2,1-2H3,(H,31,32)(H,28,29,30). The van der Waals surface area contributed by atoms with Crippen molar-refractivity contribution in [3.63, 3.8) is 0 Å². The molecule has 4 aromatic rings. The number of ether oxygens (including phenoxy) is 2. The van der Waals surface area contributed by atoms with E-state index in [-0.39, 0.29) is 18.3 Å². The summed E-state index contributed by atoms with van der Waals surface area (Å²) in [6, 6.07) is 14.9. The van der Waals surface area contributed by atoms with Gasteiger partial charge in [-0.15, -0.1) is 0 Å². The smallest absolute Gasteiger partial charge is 0.224 e. The molecule has 9 heteroatoms. The minimum atomic E-state index is -0.321. The van der Waals surface area contributed by atoms with Gasteiger partial charge in [-0.25, -0.2) is 14.4 Å². The predicted molar refractivity (Wildman–Crippen MR) is 130 cm³/mol. The van der Waals surface area contributed by atoms with Gasteiger partial charge in [-0.05, 0) is 42.0 Å². The van der Waals surface area contributed by atoms with Crippen molar-refractivity contribution < 1.29 is 18.7 Å². The summed E-state index contributed by atoms with van der Waals surface area (Å²) in [7, 11) is 1.53. The molecule has 3 aromatic carbocycles. The number of amides is 1. The number of nitrogens with one attached hydrogen (secondary N) is 2. The zero-order valence-electron chi connectivity index (χ0n) is 18.6. The predicted octanol–water partition coefficient (Wildman–Crippen LogP) is 6.10. The number of fused-ring (bicyclic) bond motifs is 1. The number of rotatable bonds is 8. The SMILES string of the molecule is CCC(=O)Nc1cc2c(Nc3ccc(OCc4cccc(F)c4)c(Cl)c3)ncnc2cc1OC. The van der Waals surface area contributed by atoms with E-state index < -0.39 is 0 Å². The van der Waals surface area contributed by atoms with Crippen molar-refractivity contribution in [3.8, 4) is 11.5 Å². The Morgan fingerprint density at radius 2 is 1.94 bits per heavy atom. The molecule has 2 N–H and O–H groups in total. The van der Waals surface area contributed by atoms with Crippen LogP contribution in [0.2, 0.25) is 5.02 Å². The summed E-state index contributed by atoms with van der Waals surface area (Å²) >= 11 is 6.41. The first-order valence-corrected chi connectivity index (χ1v) is 10.9. The van der Waals surface area contributed by atoms with Crippen molar-refractivity contribution in [1.82, 2.24) is 9.97 Å². The average Bonchev–Trinajstić information content (AvgIpc) is 2.83. The highest BCUT2D eigenvalue weighted by Crippen LogP contribution is 2.34. The van der Waals surface area contributed by atoms with Crippen LogP contribution in [0.3, 0.4) is 0 Å². The maximum absolute atomic E-state index is 13.4. The van der Waals surface area contributed by atoms with Crippen LogP contribution in [0.1, 0.15) is 18.9 Å². The van der Waals surface area contributed by atoms with Gasteiger partial charge in [0.1, 0.15) is 36.1 Å². The molecule has 1 heterocycles. The highest BCUT2D eigenvalue weighted by Gasteiger charge is 2.13. The van der Waals surface area contributed by atoms with E-state index in [0.717, 1.165) is 0 Å². The molecule has 1 amide bonds. The summed E-state index contributed by atoms with van der Waals surface area (Å²) in [6.07, 6.45) is 1.77. The van der Waals surface area contributed by atoms with E-state index in [0.29, 0.717) is 56.6 Å². The maximum atomic E-state index is 13.4. The summed E-state index contributed by atoms with van der Waals surface area (Å²) in [4.78, 5) is 20.6. The third kappa shape index (κ3) is 5.35. The molecular formula is C25H22ClFN4O3. The molecule has 0 aliphatic rings. The molecular weight excluding hydrogens is 459 g/mol. The molecule has 0 saturated carbocycles. The van der Waals surface area contributed by atoms with Crippen molar-refractivity contribution in [2.24, 2.45) is 0 Å². The Hall–Kier alpha value is -3.91. The molecule has 0 saturated heterocycles. The lowest BCUT2D eigenvalue weighted by Gasteiger charge is -2.14. The van der Waals surface area contributed by atoms with Crippen molar-refractivity contribution in [1.29, 1.82) is 0 Å². The fourth-order valence-corrected chi connectivity index (χ4v) is 3.54.